The monoisotopic (exact) mass is 408 g/mol. The number of esters is 1. The fraction of sp³-hybridized carbons (Fsp3) is 0.526. The molecule has 2 saturated heterocycles. The highest BCUT2D eigenvalue weighted by Crippen LogP contribution is 2.26. The molecule has 8 nitrogen and oxygen atoms in total. The van der Waals surface area contributed by atoms with Gasteiger partial charge in [-0.25, -0.2) is 13.2 Å². The molecule has 1 aromatic carbocycles. The summed E-state index contributed by atoms with van der Waals surface area (Å²) in [6, 6.07) is 6.28. The quantitative estimate of drug-likeness (QED) is 0.651. The van der Waals surface area contributed by atoms with Crippen molar-refractivity contribution in [1.82, 2.24) is 4.90 Å². The Kier molecular flexibility index (Phi) is 6.02. The van der Waals surface area contributed by atoms with Crippen LogP contribution in [-0.2, 0) is 24.2 Å². The first kappa shape index (κ1) is 20.3. The van der Waals surface area contributed by atoms with Crippen LogP contribution in [0.4, 0.5) is 5.69 Å². The standard InChI is InChI=1S/C19H24N2O6S/c1-2-20(14-9-11-28(25,26)13-14)18(23)12-27-19(24)15-6-3-4-7-16(15)21-10-5-8-17(21)22/h3-4,6-7,14H,2,5,8-13H2,1H3/t14-/m1/s1. The molecule has 0 spiro atoms. The molecule has 0 bridgehead atoms. The van der Waals surface area contributed by atoms with Crippen molar-refractivity contribution in [3.8, 4) is 0 Å². The van der Waals surface area contributed by atoms with Crippen LogP contribution < -0.4 is 4.90 Å². The van der Waals surface area contributed by atoms with Gasteiger partial charge in [-0.3, -0.25) is 9.59 Å². The number of ether oxygens (including phenoxy) is 1. The zero-order valence-corrected chi connectivity index (χ0v) is 16.6. The molecule has 0 saturated carbocycles. The Morgan fingerprint density at radius 3 is 2.64 bits per heavy atom. The van der Waals surface area contributed by atoms with Crippen LogP contribution in [0.1, 0.15) is 36.5 Å². The van der Waals surface area contributed by atoms with E-state index in [0.717, 1.165) is 6.42 Å². The number of hydrogen-bond acceptors (Lipinski definition) is 6. The molecule has 2 aliphatic rings. The number of amides is 2. The molecule has 1 atom stereocenters. The number of rotatable bonds is 6. The molecule has 1 aromatic rings. The van der Waals surface area contributed by atoms with Crippen LogP contribution in [0, 0.1) is 0 Å². The summed E-state index contributed by atoms with van der Waals surface area (Å²) >= 11 is 0. The third-order valence-electron chi connectivity index (χ3n) is 5.13. The maximum atomic E-state index is 12.5. The van der Waals surface area contributed by atoms with E-state index in [9.17, 15) is 22.8 Å². The van der Waals surface area contributed by atoms with Crippen LogP contribution >= 0.6 is 0 Å². The topological polar surface area (TPSA) is 101 Å². The number of carbonyl (C=O) groups excluding carboxylic acids is 3. The van der Waals surface area contributed by atoms with Crippen molar-refractivity contribution >= 4 is 33.3 Å². The lowest BCUT2D eigenvalue weighted by Crippen LogP contribution is -2.43. The first-order chi connectivity index (χ1) is 13.3. The zero-order valence-electron chi connectivity index (χ0n) is 15.8. The van der Waals surface area contributed by atoms with E-state index in [2.05, 4.69) is 0 Å². The Bertz CT molecular complexity index is 882. The Morgan fingerprint density at radius 1 is 1.29 bits per heavy atom. The second-order valence-electron chi connectivity index (χ2n) is 6.98. The van der Waals surface area contributed by atoms with Crippen LogP contribution in [0.15, 0.2) is 24.3 Å². The van der Waals surface area contributed by atoms with E-state index in [1.165, 1.54) is 4.90 Å². The smallest absolute Gasteiger partial charge is 0.340 e. The summed E-state index contributed by atoms with van der Waals surface area (Å²) in [7, 11) is -3.12. The van der Waals surface area contributed by atoms with Crippen LogP contribution in [0.3, 0.4) is 0 Å². The summed E-state index contributed by atoms with van der Waals surface area (Å²) in [6.45, 7) is 2.18. The van der Waals surface area contributed by atoms with Gasteiger partial charge in [0.2, 0.25) is 5.91 Å². The Hall–Kier alpha value is -2.42. The minimum absolute atomic E-state index is 0.0454. The molecular weight excluding hydrogens is 384 g/mol. The fourth-order valence-corrected chi connectivity index (χ4v) is 5.46. The van der Waals surface area contributed by atoms with E-state index in [1.54, 1.807) is 36.1 Å². The maximum Gasteiger partial charge on any atom is 0.340 e. The van der Waals surface area contributed by atoms with E-state index >= 15 is 0 Å². The van der Waals surface area contributed by atoms with Gasteiger partial charge in [-0.05, 0) is 31.9 Å². The van der Waals surface area contributed by atoms with Gasteiger partial charge in [0.1, 0.15) is 0 Å². The van der Waals surface area contributed by atoms with Gasteiger partial charge in [-0.15, -0.1) is 0 Å². The van der Waals surface area contributed by atoms with E-state index in [0.29, 0.717) is 31.6 Å². The average molecular weight is 408 g/mol. The second-order valence-corrected chi connectivity index (χ2v) is 9.21. The molecule has 0 aliphatic carbocycles. The Morgan fingerprint density at radius 2 is 2.04 bits per heavy atom. The lowest BCUT2D eigenvalue weighted by Gasteiger charge is -2.26. The fourth-order valence-electron chi connectivity index (χ4n) is 3.73. The maximum absolute atomic E-state index is 12.5. The van der Waals surface area contributed by atoms with E-state index in [1.807, 2.05) is 0 Å². The predicted octanol–water partition coefficient (Wildman–Crippen LogP) is 1.01. The highest BCUT2D eigenvalue weighted by atomic mass is 32.2. The van der Waals surface area contributed by atoms with E-state index < -0.39 is 28.3 Å². The van der Waals surface area contributed by atoms with E-state index in [-0.39, 0.29) is 29.0 Å². The number of sulfone groups is 1. The second kappa shape index (κ2) is 8.30. The van der Waals surface area contributed by atoms with Crippen molar-refractivity contribution in [2.75, 3.05) is 36.1 Å². The third kappa shape index (κ3) is 4.35. The summed E-state index contributed by atoms with van der Waals surface area (Å²) in [6.07, 6.45) is 1.57. The first-order valence-electron chi connectivity index (χ1n) is 9.39. The summed E-state index contributed by atoms with van der Waals surface area (Å²) in [5, 5.41) is 0. The van der Waals surface area contributed by atoms with Gasteiger partial charge >= 0.3 is 5.97 Å². The minimum atomic E-state index is -3.12. The molecule has 0 aromatic heterocycles. The lowest BCUT2D eigenvalue weighted by molar-refractivity contribution is -0.136. The number of para-hydroxylation sites is 1. The van der Waals surface area contributed by atoms with Crippen LogP contribution in [0.25, 0.3) is 0 Å². The molecule has 2 fully saturated rings. The summed E-state index contributed by atoms with van der Waals surface area (Å²) in [5.41, 5.74) is 0.716. The molecule has 3 rings (SSSR count). The van der Waals surface area contributed by atoms with Crippen molar-refractivity contribution < 1.29 is 27.5 Å². The highest BCUT2D eigenvalue weighted by Gasteiger charge is 2.34. The number of anilines is 1. The molecule has 0 unspecified atom stereocenters. The molecule has 2 amide bonds. The predicted molar refractivity (Wildman–Crippen MR) is 103 cm³/mol. The summed E-state index contributed by atoms with van der Waals surface area (Å²) in [5.74, 6) is -1.14. The van der Waals surface area contributed by atoms with Gasteiger partial charge in [-0.2, -0.15) is 0 Å². The molecule has 0 N–H and O–H groups in total. The number of hydrogen-bond donors (Lipinski definition) is 0. The molecule has 152 valence electrons. The third-order valence-corrected chi connectivity index (χ3v) is 6.88. The van der Waals surface area contributed by atoms with Crippen molar-refractivity contribution in [3.63, 3.8) is 0 Å². The highest BCUT2D eigenvalue weighted by molar-refractivity contribution is 7.91. The van der Waals surface area contributed by atoms with Gasteiger partial charge < -0.3 is 14.5 Å². The first-order valence-corrected chi connectivity index (χ1v) is 11.2. The number of benzene rings is 1. The van der Waals surface area contributed by atoms with Gasteiger partial charge in [-0.1, -0.05) is 12.1 Å². The number of nitrogens with zero attached hydrogens (tertiary/aromatic N) is 2. The average Bonchev–Trinajstić information content (AvgIpc) is 3.25. The number of likely N-dealkylation sites (N-methyl/N-ethyl adjacent to an activating group) is 1. The normalized spacial score (nSPS) is 21.0. The molecule has 2 aliphatic heterocycles. The van der Waals surface area contributed by atoms with Crippen LogP contribution in [0.5, 0.6) is 0 Å². The van der Waals surface area contributed by atoms with Gasteiger partial charge in [0, 0.05) is 25.6 Å². The Balaban J connectivity index is 1.65. The molecule has 28 heavy (non-hydrogen) atoms. The largest absolute Gasteiger partial charge is 0.452 e. The lowest BCUT2D eigenvalue weighted by atomic mass is 10.1. The number of carbonyl (C=O) groups is 3. The van der Waals surface area contributed by atoms with Gasteiger partial charge in [0.15, 0.2) is 16.4 Å². The van der Waals surface area contributed by atoms with Crippen molar-refractivity contribution in [2.24, 2.45) is 0 Å². The zero-order chi connectivity index (χ0) is 20.3. The minimum Gasteiger partial charge on any atom is -0.452 e. The van der Waals surface area contributed by atoms with Gasteiger partial charge in [0.25, 0.3) is 5.91 Å². The Labute approximate surface area is 164 Å². The van der Waals surface area contributed by atoms with E-state index in [4.69, 9.17) is 4.74 Å². The SMILES string of the molecule is CCN(C(=O)COC(=O)c1ccccc1N1CCCC1=O)[C@@H]1CCS(=O)(=O)C1. The van der Waals surface area contributed by atoms with Gasteiger partial charge in [0.05, 0.1) is 22.8 Å². The summed E-state index contributed by atoms with van der Waals surface area (Å²) < 4.78 is 28.5. The van der Waals surface area contributed by atoms with Crippen molar-refractivity contribution in [3.05, 3.63) is 29.8 Å². The van der Waals surface area contributed by atoms with Crippen LogP contribution in [0.2, 0.25) is 0 Å². The van der Waals surface area contributed by atoms with Crippen LogP contribution in [-0.4, -0.2) is 68.3 Å². The van der Waals surface area contributed by atoms with Crippen molar-refractivity contribution in [1.29, 1.82) is 0 Å². The molecule has 9 heteroatoms. The summed E-state index contributed by atoms with van der Waals surface area (Å²) in [4.78, 5) is 40.0. The van der Waals surface area contributed by atoms with Crippen molar-refractivity contribution in [2.45, 2.75) is 32.2 Å². The molecule has 0 radical (unpaired) electrons. The molecule has 2 heterocycles. The molecular formula is C19H24N2O6S.